The summed E-state index contributed by atoms with van der Waals surface area (Å²) in [6.07, 6.45) is 0.231. The number of para-hydroxylation sites is 2. The Morgan fingerprint density at radius 1 is 1.33 bits per heavy atom. The molecule has 0 aliphatic rings. The minimum Gasteiger partial charge on any atom is -0.440 e. The predicted molar refractivity (Wildman–Crippen MR) is 54.6 cm³/mol. The minimum atomic E-state index is 0.231. The first-order chi connectivity index (χ1) is 7.31. The lowest BCUT2D eigenvalue weighted by Crippen LogP contribution is -1.77. The lowest BCUT2D eigenvalue weighted by molar-refractivity contribution is 0.548. The van der Waals surface area contributed by atoms with E-state index in [0.29, 0.717) is 5.89 Å². The molecule has 0 radical (unpaired) electrons. The van der Waals surface area contributed by atoms with Crippen molar-refractivity contribution in [1.82, 2.24) is 4.98 Å². The minimum absolute atomic E-state index is 0.231. The van der Waals surface area contributed by atoms with Crippen LogP contribution in [0.2, 0.25) is 0 Å². The van der Waals surface area contributed by atoms with Crippen molar-refractivity contribution in [3.05, 3.63) is 30.2 Å². The first-order valence-electron chi connectivity index (χ1n) is 4.34. The van der Waals surface area contributed by atoms with Gasteiger partial charge in [-0.15, -0.1) is 0 Å². The molecule has 0 aliphatic carbocycles. The van der Waals surface area contributed by atoms with E-state index in [4.69, 9.17) is 14.9 Å². The molecule has 0 bridgehead atoms. The number of oxazole rings is 1. The Morgan fingerprint density at radius 3 is 2.60 bits per heavy atom. The predicted octanol–water partition coefficient (Wildman–Crippen LogP) is 2.42. The summed E-state index contributed by atoms with van der Waals surface area (Å²) in [7, 11) is 0. The standard InChI is InChI=1S/C9H6N2O.C2H3N/c10-6-5-9-11-7-3-1-2-4-8(7)12-9;1-2-3/h1-4H,5H2;1H3. The zero-order chi connectivity index (χ0) is 11.1. The fourth-order valence-electron chi connectivity index (χ4n) is 1.06. The van der Waals surface area contributed by atoms with Crippen LogP contribution in [0.25, 0.3) is 11.1 Å². The third kappa shape index (κ3) is 2.82. The Balaban J connectivity index is 0.000000337. The summed E-state index contributed by atoms with van der Waals surface area (Å²) in [6.45, 7) is 1.43. The van der Waals surface area contributed by atoms with Gasteiger partial charge >= 0.3 is 0 Å². The molecule has 1 aromatic carbocycles. The van der Waals surface area contributed by atoms with E-state index in [1.807, 2.05) is 30.3 Å². The number of aromatic nitrogens is 1. The van der Waals surface area contributed by atoms with Crippen LogP contribution in [0.3, 0.4) is 0 Å². The molecule has 0 N–H and O–H groups in total. The van der Waals surface area contributed by atoms with Crippen molar-refractivity contribution in [3.8, 4) is 12.1 Å². The van der Waals surface area contributed by atoms with Gasteiger partial charge in [0.15, 0.2) is 5.58 Å². The second-order valence-electron chi connectivity index (χ2n) is 2.63. The van der Waals surface area contributed by atoms with E-state index in [0.717, 1.165) is 11.1 Å². The molecule has 0 amide bonds. The first kappa shape index (κ1) is 10.7. The van der Waals surface area contributed by atoms with Crippen LogP contribution < -0.4 is 0 Å². The van der Waals surface area contributed by atoms with Gasteiger partial charge in [-0.2, -0.15) is 10.5 Å². The quantitative estimate of drug-likeness (QED) is 0.706. The first-order valence-corrected chi connectivity index (χ1v) is 4.34. The summed E-state index contributed by atoms with van der Waals surface area (Å²) in [5.41, 5.74) is 1.55. The van der Waals surface area contributed by atoms with Crippen LogP contribution in [-0.4, -0.2) is 4.98 Å². The average molecular weight is 199 g/mol. The van der Waals surface area contributed by atoms with Crippen molar-refractivity contribution in [2.75, 3.05) is 0 Å². The third-order valence-corrected chi connectivity index (χ3v) is 1.57. The Bertz CT molecular complexity index is 483. The van der Waals surface area contributed by atoms with E-state index in [1.165, 1.54) is 6.92 Å². The summed E-state index contributed by atoms with van der Waals surface area (Å²) in [6, 6.07) is 11.2. The molecule has 0 atom stereocenters. The highest BCUT2D eigenvalue weighted by Crippen LogP contribution is 2.14. The molecule has 0 aliphatic heterocycles. The van der Waals surface area contributed by atoms with Crippen molar-refractivity contribution in [1.29, 1.82) is 10.5 Å². The molecular formula is C11H9N3O. The van der Waals surface area contributed by atoms with Crippen molar-refractivity contribution in [2.24, 2.45) is 0 Å². The summed E-state index contributed by atoms with van der Waals surface area (Å²) >= 11 is 0. The van der Waals surface area contributed by atoms with Crippen LogP contribution in [0.1, 0.15) is 12.8 Å². The van der Waals surface area contributed by atoms with Crippen molar-refractivity contribution >= 4 is 11.1 Å². The van der Waals surface area contributed by atoms with Gasteiger partial charge in [0.05, 0.1) is 12.1 Å². The molecule has 4 nitrogen and oxygen atoms in total. The Kier molecular flexibility index (Phi) is 3.88. The molecule has 2 aromatic rings. The van der Waals surface area contributed by atoms with Crippen LogP contribution in [0.15, 0.2) is 28.7 Å². The third-order valence-electron chi connectivity index (χ3n) is 1.57. The lowest BCUT2D eigenvalue weighted by atomic mass is 10.3. The monoisotopic (exact) mass is 199 g/mol. The van der Waals surface area contributed by atoms with Crippen LogP contribution in [-0.2, 0) is 6.42 Å². The van der Waals surface area contributed by atoms with E-state index in [2.05, 4.69) is 4.98 Å². The van der Waals surface area contributed by atoms with Crippen molar-refractivity contribution in [3.63, 3.8) is 0 Å². The molecule has 1 aromatic heterocycles. The van der Waals surface area contributed by atoms with Gasteiger partial charge in [-0.1, -0.05) is 12.1 Å². The number of nitrogens with zero attached hydrogens (tertiary/aromatic N) is 3. The number of hydrogen-bond donors (Lipinski definition) is 0. The summed E-state index contributed by atoms with van der Waals surface area (Å²) in [5.74, 6) is 0.485. The lowest BCUT2D eigenvalue weighted by Gasteiger charge is -1.80. The van der Waals surface area contributed by atoms with Crippen LogP contribution in [0, 0.1) is 22.7 Å². The molecule has 0 fully saturated rings. The van der Waals surface area contributed by atoms with Gasteiger partial charge in [0.1, 0.15) is 11.9 Å². The van der Waals surface area contributed by atoms with Gasteiger partial charge < -0.3 is 4.42 Å². The fraction of sp³-hybridized carbons (Fsp3) is 0.182. The Hall–Kier alpha value is -2.33. The molecule has 4 heteroatoms. The maximum Gasteiger partial charge on any atom is 0.209 e. The maximum atomic E-state index is 8.39. The SMILES string of the molecule is CC#N.N#CCc1nc2ccccc2o1. The van der Waals surface area contributed by atoms with Gasteiger partial charge in [-0.3, -0.25) is 0 Å². The van der Waals surface area contributed by atoms with Gasteiger partial charge in [0.25, 0.3) is 0 Å². The summed E-state index contributed by atoms with van der Waals surface area (Å²) in [4.78, 5) is 4.11. The smallest absolute Gasteiger partial charge is 0.209 e. The van der Waals surface area contributed by atoms with E-state index in [-0.39, 0.29) is 6.42 Å². The Morgan fingerprint density at radius 2 is 2.00 bits per heavy atom. The van der Waals surface area contributed by atoms with Crippen LogP contribution in [0.4, 0.5) is 0 Å². The molecule has 0 saturated carbocycles. The number of fused-ring (bicyclic) bond motifs is 1. The van der Waals surface area contributed by atoms with E-state index < -0.39 is 0 Å². The maximum absolute atomic E-state index is 8.39. The zero-order valence-corrected chi connectivity index (χ0v) is 8.27. The van der Waals surface area contributed by atoms with Crippen LogP contribution in [0.5, 0.6) is 0 Å². The van der Waals surface area contributed by atoms with Gasteiger partial charge in [-0.25, -0.2) is 4.98 Å². The number of nitriles is 2. The number of hydrogen-bond acceptors (Lipinski definition) is 4. The second kappa shape index (κ2) is 5.41. The topological polar surface area (TPSA) is 73.6 Å². The molecule has 2 rings (SSSR count). The van der Waals surface area contributed by atoms with E-state index in [9.17, 15) is 0 Å². The molecule has 0 unspecified atom stereocenters. The van der Waals surface area contributed by atoms with E-state index in [1.54, 1.807) is 6.07 Å². The number of rotatable bonds is 1. The van der Waals surface area contributed by atoms with Crippen molar-refractivity contribution < 1.29 is 4.42 Å². The fourth-order valence-corrected chi connectivity index (χ4v) is 1.06. The molecule has 0 saturated heterocycles. The van der Waals surface area contributed by atoms with Gasteiger partial charge in [0, 0.05) is 6.92 Å². The zero-order valence-electron chi connectivity index (χ0n) is 8.27. The molecule has 1 heterocycles. The molecule has 74 valence electrons. The Labute approximate surface area is 87.4 Å². The largest absolute Gasteiger partial charge is 0.440 e. The average Bonchev–Trinajstić information content (AvgIpc) is 2.61. The summed E-state index contributed by atoms with van der Waals surface area (Å²) < 4.78 is 5.27. The van der Waals surface area contributed by atoms with Gasteiger partial charge in [-0.05, 0) is 12.1 Å². The molecule has 0 spiro atoms. The second-order valence-corrected chi connectivity index (χ2v) is 2.63. The normalized spacial score (nSPS) is 8.47. The van der Waals surface area contributed by atoms with Crippen molar-refractivity contribution in [2.45, 2.75) is 13.3 Å². The van der Waals surface area contributed by atoms with E-state index >= 15 is 0 Å². The highest BCUT2D eigenvalue weighted by atomic mass is 16.3. The van der Waals surface area contributed by atoms with Crippen LogP contribution >= 0.6 is 0 Å². The summed E-state index contributed by atoms with van der Waals surface area (Å²) in [5, 5.41) is 15.7. The molecular weight excluding hydrogens is 190 g/mol. The molecule has 15 heavy (non-hydrogen) atoms. The highest BCUT2D eigenvalue weighted by Gasteiger charge is 2.02. The number of benzene rings is 1. The highest BCUT2D eigenvalue weighted by molar-refractivity contribution is 5.72. The van der Waals surface area contributed by atoms with Gasteiger partial charge in [0.2, 0.25) is 5.89 Å².